The average molecular weight is 387 g/mol. The van der Waals surface area contributed by atoms with Gasteiger partial charge in [0.05, 0.1) is 0 Å². The molecule has 0 bridgehead atoms. The number of hydrogen-bond acceptors (Lipinski definition) is 2. The smallest absolute Gasteiger partial charge is 0.119 e. The molecule has 1 atom stereocenters. The molecule has 1 aliphatic rings. The lowest BCUT2D eigenvalue weighted by Gasteiger charge is -2.37. The number of aromatic hydroxyl groups is 2. The minimum atomic E-state index is -0.290. The van der Waals surface area contributed by atoms with Crippen molar-refractivity contribution in [3.63, 3.8) is 0 Å². The number of rotatable bonds is 4. The zero-order valence-corrected chi connectivity index (χ0v) is 17.6. The van der Waals surface area contributed by atoms with Gasteiger partial charge in [-0.1, -0.05) is 75.4 Å². The minimum Gasteiger partial charge on any atom is -0.508 e. The molecule has 0 saturated heterocycles. The van der Waals surface area contributed by atoms with Gasteiger partial charge in [-0.15, -0.1) is 0 Å². The summed E-state index contributed by atoms with van der Waals surface area (Å²) in [6, 6.07) is 22.4. The molecule has 0 saturated carbocycles. The van der Waals surface area contributed by atoms with Gasteiger partial charge >= 0.3 is 0 Å². The van der Waals surface area contributed by atoms with Crippen molar-refractivity contribution < 1.29 is 10.2 Å². The van der Waals surface area contributed by atoms with Gasteiger partial charge in [0.25, 0.3) is 0 Å². The van der Waals surface area contributed by atoms with Crippen LogP contribution in [0.3, 0.4) is 0 Å². The number of aryl methyl sites for hydroxylation is 1. The van der Waals surface area contributed by atoms with E-state index in [0.29, 0.717) is 5.75 Å². The predicted molar refractivity (Wildman–Crippen MR) is 119 cm³/mol. The average Bonchev–Trinajstić information content (AvgIpc) is 2.69. The van der Waals surface area contributed by atoms with Crippen LogP contribution in [0.25, 0.3) is 0 Å². The molecule has 0 fully saturated rings. The van der Waals surface area contributed by atoms with Crippen molar-refractivity contribution in [1.82, 2.24) is 0 Å². The summed E-state index contributed by atoms with van der Waals surface area (Å²) in [5.74, 6) is 0.569. The second kappa shape index (κ2) is 7.26. The molecule has 0 aliphatic heterocycles. The summed E-state index contributed by atoms with van der Waals surface area (Å²) < 4.78 is 0. The van der Waals surface area contributed by atoms with Crippen LogP contribution < -0.4 is 0 Å². The third kappa shape index (κ3) is 3.76. The first-order valence-corrected chi connectivity index (χ1v) is 10.5. The van der Waals surface area contributed by atoms with Gasteiger partial charge < -0.3 is 10.2 Å². The maximum absolute atomic E-state index is 11.0. The maximum atomic E-state index is 11.0. The summed E-state index contributed by atoms with van der Waals surface area (Å²) in [5.41, 5.74) is 5.13. The summed E-state index contributed by atoms with van der Waals surface area (Å²) >= 11 is 0. The molecule has 0 heterocycles. The fraction of sp³-hybridized carbons (Fsp3) is 0.333. The molecule has 2 heteroatoms. The van der Waals surface area contributed by atoms with E-state index in [4.69, 9.17) is 0 Å². The second-order valence-electron chi connectivity index (χ2n) is 9.44. The number of phenols is 2. The Bertz CT molecular complexity index is 1020. The van der Waals surface area contributed by atoms with Gasteiger partial charge in [0, 0.05) is 16.5 Å². The van der Waals surface area contributed by atoms with Crippen molar-refractivity contribution in [1.29, 1.82) is 0 Å². The van der Waals surface area contributed by atoms with Crippen molar-refractivity contribution >= 4 is 0 Å². The fourth-order valence-electron chi connectivity index (χ4n) is 4.93. The van der Waals surface area contributed by atoms with Crippen molar-refractivity contribution in [2.24, 2.45) is 0 Å². The Morgan fingerprint density at radius 3 is 2.24 bits per heavy atom. The summed E-state index contributed by atoms with van der Waals surface area (Å²) in [6.07, 6.45) is 3.63. The third-order valence-corrected chi connectivity index (χ3v) is 6.63. The molecule has 3 aromatic carbocycles. The molecule has 150 valence electrons. The highest BCUT2D eigenvalue weighted by atomic mass is 16.3. The van der Waals surface area contributed by atoms with E-state index in [1.54, 1.807) is 6.07 Å². The van der Waals surface area contributed by atoms with Crippen molar-refractivity contribution in [3.8, 4) is 11.5 Å². The first kappa shape index (κ1) is 19.6. The molecular formula is C27H30O2. The van der Waals surface area contributed by atoms with E-state index in [0.717, 1.165) is 36.8 Å². The quantitative estimate of drug-likeness (QED) is 0.535. The summed E-state index contributed by atoms with van der Waals surface area (Å²) in [7, 11) is 0. The maximum Gasteiger partial charge on any atom is 0.119 e. The molecule has 0 radical (unpaired) electrons. The van der Waals surface area contributed by atoms with Crippen LogP contribution in [0.15, 0.2) is 66.7 Å². The van der Waals surface area contributed by atoms with Gasteiger partial charge in [-0.2, -0.15) is 0 Å². The highest BCUT2D eigenvalue weighted by molar-refractivity contribution is 5.52. The van der Waals surface area contributed by atoms with E-state index >= 15 is 0 Å². The molecular weight excluding hydrogens is 356 g/mol. The Morgan fingerprint density at radius 2 is 1.52 bits per heavy atom. The van der Waals surface area contributed by atoms with Crippen molar-refractivity contribution in [3.05, 3.63) is 94.5 Å². The number of benzene rings is 3. The van der Waals surface area contributed by atoms with E-state index < -0.39 is 0 Å². The second-order valence-corrected chi connectivity index (χ2v) is 9.44. The Balaban J connectivity index is 1.67. The summed E-state index contributed by atoms with van der Waals surface area (Å²) in [6.45, 7) is 6.44. The van der Waals surface area contributed by atoms with Crippen molar-refractivity contribution in [2.75, 3.05) is 0 Å². The van der Waals surface area contributed by atoms with Crippen molar-refractivity contribution in [2.45, 2.75) is 57.3 Å². The first-order chi connectivity index (χ1) is 13.8. The highest BCUT2D eigenvalue weighted by Gasteiger charge is 2.35. The van der Waals surface area contributed by atoms with Gasteiger partial charge in [-0.3, -0.25) is 0 Å². The Labute approximate surface area is 173 Å². The van der Waals surface area contributed by atoms with Crippen LogP contribution in [-0.4, -0.2) is 10.2 Å². The first-order valence-electron chi connectivity index (χ1n) is 10.5. The molecule has 0 amide bonds. The van der Waals surface area contributed by atoms with Crippen LogP contribution in [0, 0.1) is 0 Å². The topological polar surface area (TPSA) is 40.5 Å². The molecule has 4 rings (SSSR count). The summed E-state index contributed by atoms with van der Waals surface area (Å²) in [5, 5.41) is 22.0. The minimum absolute atomic E-state index is 0.183. The van der Waals surface area contributed by atoms with E-state index in [1.165, 1.54) is 16.7 Å². The zero-order valence-electron chi connectivity index (χ0n) is 17.6. The SMILES string of the molecule is CC(C)(Cc1ccccc1)c1cc(O)c(C2(C)CCc3ccccc3C2)cc1O. The van der Waals surface area contributed by atoms with Gasteiger partial charge in [-0.05, 0) is 59.9 Å². The lowest BCUT2D eigenvalue weighted by Crippen LogP contribution is -2.30. The molecule has 3 aromatic rings. The lowest BCUT2D eigenvalue weighted by atomic mass is 9.68. The largest absolute Gasteiger partial charge is 0.508 e. The number of fused-ring (bicyclic) bond motifs is 1. The molecule has 1 aliphatic carbocycles. The predicted octanol–water partition coefficient (Wildman–Crippen LogP) is 6.06. The van der Waals surface area contributed by atoms with Gasteiger partial charge in [0.1, 0.15) is 11.5 Å². The lowest BCUT2D eigenvalue weighted by molar-refractivity contribution is 0.369. The zero-order chi connectivity index (χ0) is 20.6. The van der Waals surface area contributed by atoms with Crippen LogP contribution in [0.2, 0.25) is 0 Å². The number of phenolic OH excluding ortho intramolecular Hbond substituents is 2. The van der Waals surface area contributed by atoms with Crippen LogP contribution >= 0.6 is 0 Å². The Hall–Kier alpha value is -2.74. The van der Waals surface area contributed by atoms with Gasteiger partial charge in [0.15, 0.2) is 0 Å². The summed E-state index contributed by atoms with van der Waals surface area (Å²) in [4.78, 5) is 0. The third-order valence-electron chi connectivity index (χ3n) is 6.63. The van der Waals surface area contributed by atoms with E-state index in [-0.39, 0.29) is 16.6 Å². The van der Waals surface area contributed by atoms with Crippen LogP contribution in [-0.2, 0) is 30.1 Å². The molecule has 2 N–H and O–H groups in total. The molecule has 29 heavy (non-hydrogen) atoms. The Kier molecular flexibility index (Phi) is 4.90. The standard InChI is InChI=1S/C27H30O2/c1-26(2,17-19-9-5-4-6-10-19)22-15-25(29)23(16-24(22)28)27(3)14-13-20-11-7-8-12-21(20)18-27/h4-12,15-16,28-29H,13-14,17-18H2,1-3H3. The monoisotopic (exact) mass is 386 g/mol. The van der Waals surface area contributed by atoms with Crippen LogP contribution in [0.5, 0.6) is 11.5 Å². The highest BCUT2D eigenvalue weighted by Crippen LogP contribution is 2.46. The van der Waals surface area contributed by atoms with Crippen LogP contribution in [0.4, 0.5) is 0 Å². The molecule has 0 aromatic heterocycles. The molecule has 1 unspecified atom stereocenters. The van der Waals surface area contributed by atoms with Crippen LogP contribution in [0.1, 0.15) is 55.0 Å². The van der Waals surface area contributed by atoms with E-state index in [9.17, 15) is 10.2 Å². The number of hydrogen-bond donors (Lipinski definition) is 2. The Morgan fingerprint density at radius 1 is 0.862 bits per heavy atom. The molecule has 2 nitrogen and oxygen atoms in total. The van der Waals surface area contributed by atoms with Gasteiger partial charge in [0.2, 0.25) is 0 Å². The van der Waals surface area contributed by atoms with Gasteiger partial charge in [-0.25, -0.2) is 0 Å². The fourth-order valence-corrected chi connectivity index (χ4v) is 4.93. The molecule has 0 spiro atoms. The van der Waals surface area contributed by atoms with E-state index in [2.05, 4.69) is 57.2 Å². The van der Waals surface area contributed by atoms with E-state index in [1.807, 2.05) is 24.3 Å². The normalized spacial score (nSPS) is 19.0.